The number of halogens is 1. The van der Waals surface area contributed by atoms with Gasteiger partial charge in [0.1, 0.15) is 0 Å². The molecule has 0 aliphatic heterocycles. The number of hydrogen-bond donors (Lipinski definition) is 2. The van der Waals surface area contributed by atoms with E-state index in [-0.39, 0.29) is 6.04 Å². The molecular weight excluding hydrogens is 368 g/mol. The molecular formula is C20H23ClN2O2S. The van der Waals surface area contributed by atoms with Gasteiger partial charge in [-0.3, -0.25) is 0 Å². The van der Waals surface area contributed by atoms with Crippen LogP contribution in [0.2, 0.25) is 5.02 Å². The fourth-order valence-electron chi connectivity index (χ4n) is 2.67. The zero-order valence-corrected chi connectivity index (χ0v) is 16.7. The van der Waals surface area contributed by atoms with Crippen LogP contribution in [-0.2, 0) is 4.74 Å². The van der Waals surface area contributed by atoms with Crippen LogP contribution >= 0.6 is 23.8 Å². The predicted octanol–water partition coefficient (Wildman–Crippen LogP) is 5.26. The van der Waals surface area contributed by atoms with E-state index in [0.717, 1.165) is 6.42 Å². The molecule has 0 spiro atoms. The lowest BCUT2D eigenvalue weighted by molar-refractivity contribution is 0.0526. The molecule has 6 heteroatoms. The van der Waals surface area contributed by atoms with Gasteiger partial charge in [-0.05, 0) is 61.8 Å². The third-order valence-corrected chi connectivity index (χ3v) is 4.55. The van der Waals surface area contributed by atoms with E-state index in [9.17, 15) is 4.79 Å². The van der Waals surface area contributed by atoms with Gasteiger partial charge in [-0.15, -0.1) is 0 Å². The summed E-state index contributed by atoms with van der Waals surface area (Å²) < 4.78 is 5.02. The van der Waals surface area contributed by atoms with Crippen LogP contribution in [0.4, 0.5) is 5.69 Å². The highest BCUT2D eigenvalue weighted by Crippen LogP contribution is 2.23. The van der Waals surface area contributed by atoms with Crippen LogP contribution in [0, 0.1) is 6.92 Å². The first-order valence-electron chi connectivity index (χ1n) is 8.56. The summed E-state index contributed by atoms with van der Waals surface area (Å²) in [5, 5.41) is 7.28. The standard InChI is InChI=1S/C20H23ClN2O2S/c1-4-18(15-9-7-6-8-13(15)3)23-20(26)22-14-10-11-17(21)16(12-14)19(24)25-5-2/h6-12,18H,4-5H2,1-3H3,(H2,22,23,26)/t18-/m1/s1. The first kappa shape index (κ1) is 20.2. The van der Waals surface area contributed by atoms with E-state index in [4.69, 9.17) is 28.6 Å². The van der Waals surface area contributed by atoms with Crippen molar-refractivity contribution in [2.75, 3.05) is 11.9 Å². The lowest BCUT2D eigenvalue weighted by Gasteiger charge is -2.22. The van der Waals surface area contributed by atoms with Crippen LogP contribution in [0.15, 0.2) is 42.5 Å². The van der Waals surface area contributed by atoms with Crippen molar-refractivity contribution < 1.29 is 9.53 Å². The summed E-state index contributed by atoms with van der Waals surface area (Å²) in [5.41, 5.74) is 3.41. The second-order valence-electron chi connectivity index (χ2n) is 5.83. The number of esters is 1. The van der Waals surface area contributed by atoms with Crippen LogP contribution in [0.5, 0.6) is 0 Å². The molecule has 0 aromatic heterocycles. The van der Waals surface area contributed by atoms with Crippen molar-refractivity contribution in [1.82, 2.24) is 5.32 Å². The molecule has 2 rings (SSSR count). The minimum absolute atomic E-state index is 0.105. The number of hydrogen-bond acceptors (Lipinski definition) is 3. The Labute approximate surface area is 164 Å². The largest absolute Gasteiger partial charge is 0.462 e. The number of nitrogens with one attached hydrogen (secondary N) is 2. The van der Waals surface area contributed by atoms with Gasteiger partial charge in [0, 0.05) is 5.69 Å². The maximum Gasteiger partial charge on any atom is 0.339 e. The number of rotatable bonds is 6. The molecule has 26 heavy (non-hydrogen) atoms. The predicted molar refractivity (Wildman–Crippen MR) is 111 cm³/mol. The van der Waals surface area contributed by atoms with E-state index >= 15 is 0 Å². The number of carbonyl (C=O) groups is 1. The summed E-state index contributed by atoms with van der Waals surface area (Å²) in [6.07, 6.45) is 0.890. The van der Waals surface area contributed by atoms with E-state index < -0.39 is 5.97 Å². The molecule has 0 saturated carbocycles. The molecule has 2 aromatic rings. The molecule has 0 heterocycles. The minimum atomic E-state index is -0.452. The molecule has 0 fully saturated rings. The molecule has 0 aliphatic rings. The molecule has 0 unspecified atom stereocenters. The summed E-state index contributed by atoms with van der Waals surface area (Å²) in [7, 11) is 0. The number of benzene rings is 2. The molecule has 4 nitrogen and oxygen atoms in total. The number of carbonyl (C=O) groups excluding carboxylic acids is 1. The summed E-state index contributed by atoms with van der Waals surface area (Å²) in [6, 6.07) is 13.4. The Morgan fingerprint density at radius 1 is 1.23 bits per heavy atom. The van der Waals surface area contributed by atoms with Gasteiger partial charge in [-0.1, -0.05) is 42.8 Å². The van der Waals surface area contributed by atoms with Gasteiger partial charge < -0.3 is 15.4 Å². The van der Waals surface area contributed by atoms with Crippen molar-refractivity contribution in [2.24, 2.45) is 0 Å². The fraction of sp³-hybridized carbons (Fsp3) is 0.300. The first-order chi connectivity index (χ1) is 12.5. The third-order valence-electron chi connectivity index (χ3n) is 4.00. The molecule has 0 saturated heterocycles. The lowest BCUT2D eigenvalue weighted by Crippen LogP contribution is -2.32. The molecule has 2 aromatic carbocycles. The third kappa shape index (κ3) is 5.19. The Bertz CT molecular complexity index is 795. The van der Waals surface area contributed by atoms with Gasteiger partial charge in [-0.25, -0.2) is 4.79 Å². The quantitative estimate of drug-likeness (QED) is 0.520. The highest BCUT2D eigenvalue weighted by Gasteiger charge is 2.15. The average Bonchev–Trinajstić information content (AvgIpc) is 2.62. The summed E-state index contributed by atoms with van der Waals surface area (Å²) in [5.74, 6) is -0.452. The number of aryl methyl sites for hydroxylation is 1. The fourth-order valence-corrected chi connectivity index (χ4v) is 3.13. The summed E-state index contributed by atoms with van der Waals surface area (Å²) in [4.78, 5) is 12.0. The van der Waals surface area contributed by atoms with Crippen LogP contribution in [0.25, 0.3) is 0 Å². The van der Waals surface area contributed by atoms with Crippen molar-refractivity contribution in [1.29, 1.82) is 0 Å². The Balaban J connectivity index is 2.11. The van der Waals surface area contributed by atoms with E-state index in [1.165, 1.54) is 11.1 Å². The topological polar surface area (TPSA) is 50.4 Å². The Kier molecular flexibility index (Phi) is 7.42. The van der Waals surface area contributed by atoms with Gasteiger partial charge in [-0.2, -0.15) is 0 Å². The van der Waals surface area contributed by atoms with Gasteiger partial charge in [0.2, 0.25) is 0 Å². The number of ether oxygens (including phenoxy) is 1. The van der Waals surface area contributed by atoms with Gasteiger partial charge in [0.25, 0.3) is 0 Å². The van der Waals surface area contributed by atoms with Gasteiger partial charge >= 0.3 is 5.97 Å². The molecule has 0 radical (unpaired) electrons. The van der Waals surface area contributed by atoms with Crippen molar-refractivity contribution in [2.45, 2.75) is 33.2 Å². The van der Waals surface area contributed by atoms with Crippen molar-refractivity contribution >= 4 is 40.6 Å². The monoisotopic (exact) mass is 390 g/mol. The highest BCUT2D eigenvalue weighted by atomic mass is 35.5. The maximum absolute atomic E-state index is 12.0. The lowest BCUT2D eigenvalue weighted by atomic mass is 10.00. The zero-order valence-electron chi connectivity index (χ0n) is 15.1. The first-order valence-corrected chi connectivity index (χ1v) is 9.34. The Morgan fingerprint density at radius 2 is 1.96 bits per heavy atom. The second kappa shape index (κ2) is 9.55. The van der Waals surface area contributed by atoms with Crippen LogP contribution < -0.4 is 10.6 Å². The van der Waals surface area contributed by atoms with E-state index in [1.807, 2.05) is 12.1 Å². The number of anilines is 1. The number of thiocarbonyl (C=S) groups is 1. The molecule has 2 N–H and O–H groups in total. The Morgan fingerprint density at radius 3 is 2.62 bits per heavy atom. The zero-order chi connectivity index (χ0) is 19.1. The van der Waals surface area contributed by atoms with Crippen molar-refractivity contribution in [3.05, 3.63) is 64.2 Å². The van der Waals surface area contributed by atoms with Crippen molar-refractivity contribution in [3.8, 4) is 0 Å². The van der Waals surface area contributed by atoms with Crippen LogP contribution in [0.3, 0.4) is 0 Å². The minimum Gasteiger partial charge on any atom is -0.462 e. The van der Waals surface area contributed by atoms with Crippen molar-refractivity contribution in [3.63, 3.8) is 0 Å². The summed E-state index contributed by atoms with van der Waals surface area (Å²) >= 11 is 11.5. The highest BCUT2D eigenvalue weighted by molar-refractivity contribution is 7.80. The second-order valence-corrected chi connectivity index (χ2v) is 6.65. The summed E-state index contributed by atoms with van der Waals surface area (Å²) in [6.45, 7) is 6.24. The van der Waals surface area contributed by atoms with Gasteiger partial charge in [0.05, 0.1) is 23.2 Å². The Hall–Kier alpha value is -2.11. The molecule has 0 aliphatic carbocycles. The molecule has 0 bridgehead atoms. The van der Waals surface area contributed by atoms with E-state index in [0.29, 0.717) is 28.0 Å². The molecule has 0 amide bonds. The molecule has 138 valence electrons. The van der Waals surface area contributed by atoms with E-state index in [2.05, 4.69) is 36.6 Å². The average molecular weight is 391 g/mol. The maximum atomic E-state index is 12.0. The smallest absolute Gasteiger partial charge is 0.339 e. The SMILES string of the molecule is CCOC(=O)c1cc(NC(=S)N[C@H](CC)c2ccccc2C)ccc1Cl. The van der Waals surface area contributed by atoms with Crippen LogP contribution in [-0.4, -0.2) is 17.7 Å². The van der Waals surface area contributed by atoms with E-state index in [1.54, 1.807) is 25.1 Å². The normalized spacial score (nSPS) is 11.5. The van der Waals surface area contributed by atoms with Crippen LogP contribution in [0.1, 0.15) is 47.8 Å². The van der Waals surface area contributed by atoms with Gasteiger partial charge in [0.15, 0.2) is 5.11 Å². The molecule has 1 atom stereocenters.